The number of ketones is 1. The van der Waals surface area contributed by atoms with E-state index in [2.05, 4.69) is 40.2 Å². The van der Waals surface area contributed by atoms with Gasteiger partial charge in [-0.15, -0.1) is 0 Å². The van der Waals surface area contributed by atoms with Gasteiger partial charge in [0, 0.05) is 29.7 Å². The van der Waals surface area contributed by atoms with Crippen molar-refractivity contribution in [1.82, 2.24) is 9.88 Å². The number of para-hydroxylation sites is 1. The van der Waals surface area contributed by atoms with E-state index in [-0.39, 0.29) is 11.3 Å². The predicted octanol–water partition coefficient (Wildman–Crippen LogP) is 3.16. The summed E-state index contributed by atoms with van der Waals surface area (Å²) in [6.45, 7) is 3.95. The molecule has 2 aromatic rings. The van der Waals surface area contributed by atoms with E-state index < -0.39 is 0 Å². The molecule has 2 atom stereocenters. The zero-order valence-corrected chi connectivity index (χ0v) is 12.9. The van der Waals surface area contributed by atoms with E-state index in [1.807, 2.05) is 0 Å². The maximum Gasteiger partial charge on any atom is 0.155 e. The maximum absolute atomic E-state index is 12.0. The first-order valence-electron chi connectivity index (χ1n) is 8.25. The average molecular weight is 292 g/mol. The van der Waals surface area contributed by atoms with Crippen molar-refractivity contribution in [3.05, 3.63) is 47.2 Å². The van der Waals surface area contributed by atoms with Gasteiger partial charge in [0.15, 0.2) is 5.78 Å². The predicted molar refractivity (Wildman–Crippen MR) is 86.7 cm³/mol. The molecule has 1 aromatic heterocycles. The van der Waals surface area contributed by atoms with E-state index in [4.69, 9.17) is 0 Å². The molecule has 3 aliphatic rings. The largest absolute Gasteiger partial charge is 0.356 e. The molecule has 1 N–H and O–H groups in total. The highest BCUT2D eigenvalue weighted by Crippen LogP contribution is 2.52. The van der Waals surface area contributed by atoms with Crippen molar-refractivity contribution in [2.24, 2.45) is 5.92 Å². The number of carbonyl (C=O) groups is 1. The Morgan fingerprint density at radius 3 is 3.09 bits per heavy atom. The van der Waals surface area contributed by atoms with Gasteiger partial charge in [-0.05, 0) is 49.3 Å². The summed E-state index contributed by atoms with van der Waals surface area (Å²) in [6, 6.07) is 8.60. The summed E-state index contributed by atoms with van der Waals surface area (Å²) >= 11 is 0. The fourth-order valence-corrected chi connectivity index (χ4v) is 5.00. The van der Waals surface area contributed by atoms with Gasteiger partial charge in [0.2, 0.25) is 0 Å². The van der Waals surface area contributed by atoms with Crippen molar-refractivity contribution in [2.45, 2.75) is 31.7 Å². The molecule has 1 aliphatic carbocycles. The minimum atomic E-state index is -0.0590. The molecule has 0 radical (unpaired) electrons. The Labute approximate surface area is 130 Å². The molecule has 2 bridgehead atoms. The molecule has 1 fully saturated rings. The van der Waals surface area contributed by atoms with Crippen molar-refractivity contribution in [3.63, 3.8) is 0 Å². The molecule has 5 rings (SSSR count). The molecule has 3 nitrogen and oxygen atoms in total. The lowest BCUT2D eigenvalue weighted by Crippen LogP contribution is -2.45. The lowest BCUT2D eigenvalue weighted by atomic mass is 9.76. The summed E-state index contributed by atoms with van der Waals surface area (Å²) in [5.41, 5.74) is 5.02. The highest BCUT2D eigenvalue weighted by Gasteiger charge is 2.52. The van der Waals surface area contributed by atoms with Crippen LogP contribution in [0.3, 0.4) is 0 Å². The number of carbonyl (C=O) groups excluding carboxylic acids is 1. The van der Waals surface area contributed by atoms with Crippen LogP contribution in [0.2, 0.25) is 0 Å². The first kappa shape index (κ1) is 12.7. The third kappa shape index (κ3) is 1.47. The molecule has 112 valence electrons. The van der Waals surface area contributed by atoms with Crippen LogP contribution in [0.4, 0.5) is 0 Å². The maximum atomic E-state index is 12.0. The van der Waals surface area contributed by atoms with Crippen LogP contribution in [0.5, 0.6) is 0 Å². The number of hydrogen-bond donors (Lipinski definition) is 1. The van der Waals surface area contributed by atoms with Crippen LogP contribution in [-0.4, -0.2) is 28.8 Å². The molecule has 3 heterocycles. The highest BCUT2D eigenvalue weighted by molar-refractivity contribution is 5.94. The summed E-state index contributed by atoms with van der Waals surface area (Å²) in [5, 5.41) is 1.36. The standard InChI is InChI=1S/C19H20N2O/c1-12(22)14-8-13-9-19(10-14)18-16(6-7-21(19)11-13)15-4-2-3-5-17(15)20-18/h2-5,10,13,20H,6-9,11H2,1H3/t13-,19-/m0/s1. The number of allylic oxidation sites excluding steroid dienone is 1. The lowest BCUT2D eigenvalue weighted by Gasteiger charge is -2.41. The molecular formula is C19H20N2O. The van der Waals surface area contributed by atoms with Gasteiger partial charge in [-0.25, -0.2) is 0 Å². The number of aromatic nitrogens is 1. The number of aromatic amines is 1. The number of fused-ring (bicyclic) bond motifs is 4. The number of nitrogens with one attached hydrogen (secondary N) is 1. The fraction of sp³-hybridized carbons (Fsp3) is 0.421. The van der Waals surface area contributed by atoms with Gasteiger partial charge < -0.3 is 4.98 Å². The lowest BCUT2D eigenvalue weighted by molar-refractivity contribution is -0.114. The van der Waals surface area contributed by atoms with Crippen molar-refractivity contribution >= 4 is 16.7 Å². The topological polar surface area (TPSA) is 36.1 Å². The van der Waals surface area contributed by atoms with E-state index in [9.17, 15) is 4.79 Å². The summed E-state index contributed by atoms with van der Waals surface area (Å²) in [6.07, 6.45) is 5.51. The molecule has 2 aliphatic heterocycles. The van der Waals surface area contributed by atoms with Gasteiger partial charge in [-0.1, -0.05) is 24.3 Å². The zero-order valence-electron chi connectivity index (χ0n) is 12.9. The van der Waals surface area contributed by atoms with Crippen LogP contribution in [0.25, 0.3) is 10.9 Å². The summed E-state index contributed by atoms with van der Waals surface area (Å²) in [4.78, 5) is 18.3. The van der Waals surface area contributed by atoms with Crippen molar-refractivity contribution in [2.75, 3.05) is 13.1 Å². The summed E-state index contributed by atoms with van der Waals surface area (Å²) < 4.78 is 0. The molecule has 1 spiro atoms. The number of hydrogen-bond acceptors (Lipinski definition) is 2. The molecule has 0 amide bonds. The second-order valence-electron chi connectivity index (χ2n) is 7.14. The Bertz CT molecular complexity index is 831. The minimum Gasteiger partial charge on any atom is -0.356 e. The Hall–Kier alpha value is -1.87. The van der Waals surface area contributed by atoms with Gasteiger partial charge in [-0.2, -0.15) is 0 Å². The second-order valence-corrected chi connectivity index (χ2v) is 7.14. The molecule has 0 unspecified atom stereocenters. The van der Waals surface area contributed by atoms with Gasteiger partial charge in [-0.3, -0.25) is 9.69 Å². The molecule has 0 saturated carbocycles. The van der Waals surface area contributed by atoms with Crippen LogP contribution < -0.4 is 0 Å². The van der Waals surface area contributed by atoms with Gasteiger partial charge in [0.05, 0.1) is 5.54 Å². The van der Waals surface area contributed by atoms with Crippen LogP contribution in [-0.2, 0) is 16.8 Å². The van der Waals surface area contributed by atoms with Crippen LogP contribution >= 0.6 is 0 Å². The van der Waals surface area contributed by atoms with E-state index in [0.717, 1.165) is 37.9 Å². The van der Waals surface area contributed by atoms with Gasteiger partial charge in [0.1, 0.15) is 0 Å². The van der Waals surface area contributed by atoms with Crippen molar-refractivity contribution < 1.29 is 4.79 Å². The summed E-state index contributed by atoms with van der Waals surface area (Å²) in [7, 11) is 0. The normalized spacial score (nSPS) is 30.0. The van der Waals surface area contributed by atoms with Crippen molar-refractivity contribution in [1.29, 1.82) is 0 Å². The quantitative estimate of drug-likeness (QED) is 0.876. The average Bonchev–Trinajstić information content (AvgIpc) is 3.01. The van der Waals surface area contributed by atoms with E-state index in [0.29, 0.717) is 5.92 Å². The Morgan fingerprint density at radius 1 is 1.36 bits per heavy atom. The smallest absolute Gasteiger partial charge is 0.155 e. The molecule has 3 heteroatoms. The molecule has 22 heavy (non-hydrogen) atoms. The molecule has 1 saturated heterocycles. The van der Waals surface area contributed by atoms with Crippen LogP contribution in [0, 0.1) is 5.92 Å². The molecular weight excluding hydrogens is 272 g/mol. The number of H-pyrrole nitrogens is 1. The first-order valence-corrected chi connectivity index (χ1v) is 8.25. The van der Waals surface area contributed by atoms with Crippen LogP contribution in [0.1, 0.15) is 31.0 Å². The Morgan fingerprint density at radius 2 is 2.23 bits per heavy atom. The Balaban J connectivity index is 1.79. The zero-order chi connectivity index (χ0) is 14.9. The summed E-state index contributed by atoms with van der Waals surface area (Å²) in [5.74, 6) is 0.871. The second kappa shape index (κ2) is 4.11. The number of benzene rings is 1. The van der Waals surface area contributed by atoms with E-state index in [1.54, 1.807) is 6.92 Å². The SMILES string of the molecule is CC(=O)C1=C[C@]23C[C@H](C1)CN2CCc1c3[nH]c2ccccc12. The number of rotatable bonds is 1. The van der Waals surface area contributed by atoms with E-state index >= 15 is 0 Å². The van der Waals surface area contributed by atoms with Crippen molar-refractivity contribution in [3.8, 4) is 0 Å². The van der Waals surface area contributed by atoms with Crippen LogP contribution in [0.15, 0.2) is 35.9 Å². The van der Waals surface area contributed by atoms with Gasteiger partial charge in [0.25, 0.3) is 0 Å². The fourth-order valence-electron chi connectivity index (χ4n) is 5.00. The highest BCUT2D eigenvalue weighted by atomic mass is 16.1. The number of nitrogens with zero attached hydrogens (tertiary/aromatic N) is 1. The minimum absolute atomic E-state index is 0.0590. The molecule has 1 aromatic carbocycles. The third-order valence-electron chi connectivity index (χ3n) is 5.89. The first-order chi connectivity index (χ1) is 10.7. The third-order valence-corrected chi connectivity index (χ3v) is 5.89. The Kier molecular flexibility index (Phi) is 2.36. The monoisotopic (exact) mass is 292 g/mol. The van der Waals surface area contributed by atoms with Gasteiger partial charge >= 0.3 is 0 Å². The van der Waals surface area contributed by atoms with E-state index in [1.165, 1.54) is 22.2 Å². The number of Topliss-reactive ketones (excluding diaryl/α,β-unsaturated/α-hetero) is 1.